The number of likely N-dealkylation sites (N-methyl/N-ethyl adjacent to an activating group) is 1. The fraction of sp³-hybridized carbons (Fsp3) is 0.333. The largest absolute Gasteiger partial charge is 0.493 e. The van der Waals surface area contributed by atoms with Crippen LogP contribution in [0.15, 0.2) is 48.5 Å². The number of nitrogens with zero attached hydrogens (tertiary/aromatic N) is 1. The van der Waals surface area contributed by atoms with E-state index < -0.39 is 0 Å². The Balaban J connectivity index is 1.52. The molecule has 1 aliphatic rings. The average molecular weight is 383 g/mol. The van der Waals surface area contributed by atoms with Gasteiger partial charge >= 0.3 is 6.03 Å². The number of anilines is 1. The molecular formula is C21H25N3O4. The van der Waals surface area contributed by atoms with Gasteiger partial charge < -0.3 is 25.0 Å². The number of hydrogen-bond donors (Lipinski definition) is 2. The normalized spacial score (nSPS) is 12.8. The van der Waals surface area contributed by atoms with E-state index in [1.54, 1.807) is 43.3 Å². The van der Waals surface area contributed by atoms with Crippen molar-refractivity contribution in [1.82, 2.24) is 10.2 Å². The third-order valence-corrected chi connectivity index (χ3v) is 4.38. The Morgan fingerprint density at radius 3 is 2.57 bits per heavy atom. The topological polar surface area (TPSA) is 79.9 Å². The molecule has 2 aromatic rings. The summed E-state index contributed by atoms with van der Waals surface area (Å²) < 4.78 is 11.0. The number of amides is 3. The van der Waals surface area contributed by atoms with Gasteiger partial charge in [-0.15, -0.1) is 0 Å². The van der Waals surface area contributed by atoms with E-state index >= 15 is 0 Å². The Morgan fingerprint density at radius 1 is 1.11 bits per heavy atom. The molecule has 3 rings (SSSR count). The van der Waals surface area contributed by atoms with Crippen LogP contribution in [-0.4, -0.2) is 50.2 Å². The van der Waals surface area contributed by atoms with E-state index in [-0.39, 0.29) is 18.0 Å². The van der Waals surface area contributed by atoms with Crippen LogP contribution >= 0.6 is 0 Å². The van der Waals surface area contributed by atoms with Gasteiger partial charge in [-0.2, -0.15) is 0 Å². The zero-order valence-electron chi connectivity index (χ0n) is 16.1. The van der Waals surface area contributed by atoms with Gasteiger partial charge in [0, 0.05) is 24.3 Å². The summed E-state index contributed by atoms with van der Waals surface area (Å²) in [6.07, 6.45) is 2.04. The summed E-state index contributed by atoms with van der Waals surface area (Å²) in [5.41, 5.74) is 1.09. The third kappa shape index (κ3) is 5.39. The van der Waals surface area contributed by atoms with Crippen LogP contribution in [0.5, 0.6) is 11.5 Å². The smallest absolute Gasteiger partial charge is 0.319 e. The van der Waals surface area contributed by atoms with E-state index in [1.165, 1.54) is 0 Å². The quantitative estimate of drug-likeness (QED) is 0.734. The fourth-order valence-electron chi connectivity index (χ4n) is 2.66. The van der Waals surface area contributed by atoms with Gasteiger partial charge in [-0.1, -0.05) is 18.2 Å². The number of methoxy groups -OCH3 is 1. The average Bonchev–Trinajstić information content (AvgIpc) is 3.51. The minimum Gasteiger partial charge on any atom is -0.493 e. The highest BCUT2D eigenvalue weighted by Crippen LogP contribution is 2.25. The SMILES string of the molecule is COc1ccccc1OCCN(C)C(=O)c1cccc(NC(=O)NC2CC2)c1. The minimum atomic E-state index is -0.245. The van der Waals surface area contributed by atoms with Crippen molar-refractivity contribution in [3.05, 3.63) is 54.1 Å². The monoisotopic (exact) mass is 383 g/mol. The second kappa shape index (κ2) is 9.12. The number of rotatable bonds is 8. The lowest BCUT2D eigenvalue weighted by Crippen LogP contribution is -2.32. The van der Waals surface area contributed by atoms with Gasteiger partial charge in [-0.05, 0) is 43.2 Å². The highest BCUT2D eigenvalue weighted by molar-refractivity contribution is 5.96. The van der Waals surface area contributed by atoms with Gasteiger partial charge in [0.2, 0.25) is 0 Å². The Hall–Kier alpha value is -3.22. The molecule has 0 heterocycles. The minimum absolute atomic E-state index is 0.144. The third-order valence-electron chi connectivity index (χ3n) is 4.38. The van der Waals surface area contributed by atoms with Crippen molar-refractivity contribution >= 4 is 17.6 Å². The van der Waals surface area contributed by atoms with Crippen LogP contribution in [0, 0.1) is 0 Å². The zero-order chi connectivity index (χ0) is 19.9. The van der Waals surface area contributed by atoms with Gasteiger partial charge in [0.05, 0.1) is 13.7 Å². The zero-order valence-corrected chi connectivity index (χ0v) is 16.1. The van der Waals surface area contributed by atoms with E-state index in [9.17, 15) is 9.59 Å². The summed E-state index contributed by atoms with van der Waals surface area (Å²) in [6, 6.07) is 14.3. The van der Waals surface area contributed by atoms with Gasteiger partial charge in [0.25, 0.3) is 5.91 Å². The predicted molar refractivity (Wildman–Crippen MR) is 107 cm³/mol. The molecule has 0 spiro atoms. The number of hydrogen-bond acceptors (Lipinski definition) is 4. The van der Waals surface area contributed by atoms with E-state index in [2.05, 4.69) is 10.6 Å². The molecule has 148 valence electrons. The second-order valence-electron chi connectivity index (χ2n) is 6.68. The van der Waals surface area contributed by atoms with Crippen molar-refractivity contribution in [3.8, 4) is 11.5 Å². The van der Waals surface area contributed by atoms with Crippen LogP contribution in [0.1, 0.15) is 23.2 Å². The highest BCUT2D eigenvalue weighted by atomic mass is 16.5. The number of carbonyl (C=O) groups excluding carboxylic acids is 2. The molecule has 2 N–H and O–H groups in total. The summed E-state index contributed by atoms with van der Waals surface area (Å²) >= 11 is 0. The van der Waals surface area contributed by atoms with Crippen LogP contribution in [-0.2, 0) is 0 Å². The molecule has 1 fully saturated rings. The molecule has 0 bridgehead atoms. The first-order chi connectivity index (χ1) is 13.6. The van der Waals surface area contributed by atoms with E-state index in [0.717, 1.165) is 12.8 Å². The van der Waals surface area contributed by atoms with Crippen LogP contribution in [0.2, 0.25) is 0 Å². The van der Waals surface area contributed by atoms with Crippen molar-refractivity contribution in [1.29, 1.82) is 0 Å². The van der Waals surface area contributed by atoms with Crippen molar-refractivity contribution in [2.75, 3.05) is 32.6 Å². The molecule has 2 aromatic carbocycles. The second-order valence-corrected chi connectivity index (χ2v) is 6.68. The number of nitrogens with one attached hydrogen (secondary N) is 2. The molecule has 0 unspecified atom stereocenters. The standard InChI is InChI=1S/C21H25N3O4/c1-24(12-13-28-19-9-4-3-8-18(19)27-2)20(25)15-6-5-7-17(14-15)23-21(26)22-16-10-11-16/h3-9,14,16H,10-13H2,1-2H3,(H2,22,23,26). The Labute approximate surface area is 164 Å². The van der Waals surface area contributed by atoms with Gasteiger partial charge in [0.1, 0.15) is 6.61 Å². The molecule has 7 nitrogen and oxygen atoms in total. The predicted octanol–water partition coefficient (Wildman–Crippen LogP) is 3.13. The van der Waals surface area contributed by atoms with Crippen LogP contribution < -0.4 is 20.1 Å². The lowest BCUT2D eigenvalue weighted by atomic mass is 10.2. The molecule has 1 saturated carbocycles. The number of ether oxygens (including phenoxy) is 2. The van der Waals surface area contributed by atoms with Gasteiger partial charge in [0.15, 0.2) is 11.5 Å². The first-order valence-electron chi connectivity index (χ1n) is 9.25. The Morgan fingerprint density at radius 2 is 1.86 bits per heavy atom. The molecule has 1 aliphatic carbocycles. The van der Waals surface area contributed by atoms with E-state index in [1.807, 2.05) is 24.3 Å². The maximum Gasteiger partial charge on any atom is 0.319 e. The van der Waals surface area contributed by atoms with Gasteiger partial charge in [-0.25, -0.2) is 4.79 Å². The highest BCUT2D eigenvalue weighted by Gasteiger charge is 2.23. The van der Waals surface area contributed by atoms with Crippen LogP contribution in [0.3, 0.4) is 0 Å². The molecule has 0 atom stereocenters. The molecular weight excluding hydrogens is 358 g/mol. The lowest BCUT2D eigenvalue weighted by molar-refractivity contribution is 0.0773. The maximum atomic E-state index is 12.7. The molecule has 0 aliphatic heterocycles. The van der Waals surface area contributed by atoms with Crippen molar-refractivity contribution in [2.45, 2.75) is 18.9 Å². The number of urea groups is 1. The van der Waals surface area contributed by atoms with Crippen LogP contribution in [0.4, 0.5) is 10.5 Å². The van der Waals surface area contributed by atoms with E-state index in [0.29, 0.717) is 35.9 Å². The summed E-state index contributed by atoms with van der Waals surface area (Å²) in [4.78, 5) is 26.1. The first kappa shape index (κ1) is 19.5. The van der Waals surface area contributed by atoms with E-state index in [4.69, 9.17) is 9.47 Å². The summed E-state index contributed by atoms with van der Waals surface area (Å²) in [7, 11) is 3.30. The molecule has 7 heteroatoms. The molecule has 3 amide bonds. The number of para-hydroxylation sites is 2. The van der Waals surface area contributed by atoms with Crippen molar-refractivity contribution in [2.24, 2.45) is 0 Å². The maximum absolute atomic E-state index is 12.7. The number of carbonyl (C=O) groups is 2. The molecule has 0 radical (unpaired) electrons. The lowest BCUT2D eigenvalue weighted by Gasteiger charge is -2.18. The number of benzene rings is 2. The fourth-order valence-corrected chi connectivity index (χ4v) is 2.66. The van der Waals surface area contributed by atoms with Crippen LogP contribution in [0.25, 0.3) is 0 Å². The molecule has 0 aromatic heterocycles. The van der Waals surface area contributed by atoms with Crippen molar-refractivity contribution in [3.63, 3.8) is 0 Å². The van der Waals surface area contributed by atoms with Gasteiger partial charge in [-0.3, -0.25) is 4.79 Å². The molecule has 0 saturated heterocycles. The Kier molecular flexibility index (Phi) is 6.37. The molecule has 28 heavy (non-hydrogen) atoms. The summed E-state index contributed by atoms with van der Waals surface area (Å²) in [5.74, 6) is 1.15. The first-order valence-corrected chi connectivity index (χ1v) is 9.25. The van der Waals surface area contributed by atoms with Crippen molar-refractivity contribution < 1.29 is 19.1 Å². The summed E-state index contributed by atoms with van der Waals surface area (Å²) in [6.45, 7) is 0.751. The Bertz CT molecular complexity index is 836. The summed E-state index contributed by atoms with van der Waals surface area (Å²) in [5, 5.41) is 5.62.